The van der Waals surface area contributed by atoms with Gasteiger partial charge in [0, 0.05) is 24.7 Å². The van der Waals surface area contributed by atoms with Crippen molar-refractivity contribution in [2.24, 2.45) is 0 Å². The van der Waals surface area contributed by atoms with Gasteiger partial charge in [0.25, 0.3) is 5.91 Å². The topological polar surface area (TPSA) is 49.9 Å². The van der Waals surface area contributed by atoms with Gasteiger partial charge in [0.1, 0.15) is 5.75 Å². The molecule has 2 aliphatic rings. The molecule has 0 saturated carbocycles. The van der Waals surface area contributed by atoms with E-state index in [-0.39, 0.29) is 24.3 Å². The van der Waals surface area contributed by atoms with Gasteiger partial charge in [-0.15, -0.1) is 0 Å². The number of hydrogen-bond acceptors (Lipinski definition) is 3. The highest BCUT2D eigenvalue weighted by Crippen LogP contribution is 2.34. The van der Waals surface area contributed by atoms with Crippen molar-refractivity contribution in [2.45, 2.75) is 45.3 Å². The first-order chi connectivity index (χ1) is 13.1. The van der Waals surface area contributed by atoms with Crippen molar-refractivity contribution in [1.82, 2.24) is 0 Å². The summed E-state index contributed by atoms with van der Waals surface area (Å²) in [6.45, 7) is 4.19. The van der Waals surface area contributed by atoms with Crippen molar-refractivity contribution >= 4 is 23.2 Å². The Kier molecular flexibility index (Phi) is 4.60. The maximum Gasteiger partial charge on any atom is 0.267 e. The van der Waals surface area contributed by atoms with Crippen LogP contribution < -0.4 is 14.5 Å². The molecule has 2 heterocycles. The first-order valence-electron chi connectivity index (χ1n) is 9.53. The third kappa shape index (κ3) is 3.18. The molecule has 2 amide bonds. The molecule has 0 spiro atoms. The number of aryl methyl sites for hydroxylation is 1. The van der Waals surface area contributed by atoms with Crippen LogP contribution in [0.5, 0.6) is 5.75 Å². The van der Waals surface area contributed by atoms with Crippen LogP contribution in [-0.2, 0) is 16.0 Å². The van der Waals surface area contributed by atoms with E-state index in [1.807, 2.05) is 47.4 Å². The Labute approximate surface area is 159 Å². The standard InChI is InChI=1S/C22H24N2O3/c1-15-11-12-17-7-3-4-8-18(17)24(15)21(25)13-14-23-19-9-5-6-10-20(19)27-16(2)22(23)26/h3-10,15-16H,11-14H2,1-2H3. The summed E-state index contributed by atoms with van der Waals surface area (Å²) in [6, 6.07) is 15.7. The van der Waals surface area contributed by atoms with Gasteiger partial charge < -0.3 is 14.5 Å². The van der Waals surface area contributed by atoms with Crippen molar-refractivity contribution in [3.8, 4) is 5.75 Å². The van der Waals surface area contributed by atoms with Gasteiger partial charge in [-0.05, 0) is 50.5 Å². The second kappa shape index (κ2) is 7.06. The molecule has 2 aromatic rings. The maximum absolute atomic E-state index is 13.1. The average molecular weight is 364 g/mol. The minimum Gasteiger partial charge on any atom is -0.479 e. The van der Waals surface area contributed by atoms with E-state index in [0.29, 0.717) is 12.3 Å². The van der Waals surface area contributed by atoms with E-state index >= 15 is 0 Å². The Morgan fingerprint density at radius 2 is 1.78 bits per heavy atom. The molecule has 0 aliphatic carbocycles. The number of carbonyl (C=O) groups excluding carboxylic acids is 2. The molecule has 0 aromatic heterocycles. The highest BCUT2D eigenvalue weighted by atomic mass is 16.5. The van der Waals surface area contributed by atoms with Gasteiger partial charge in [0.15, 0.2) is 6.10 Å². The molecule has 2 aromatic carbocycles. The van der Waals surface area contributed by atoms with Crippen molar-refractivity contribution in [2.75, 3.05) is 16.3 Å². The number of ether oxygens (including phenoxy) is 1. The summed E-state index contributed by atoms with van der Waals surface area (Å²) in [5, 5.41) is 0. The zero-order valence-electron chi connectivity index (χ0n) is 15.7. The molecule has 2 aliphatic heterocycles. The smallest absolute Gasteiger partial charge is 0.267 e. The van der Waals surface area contributed by atoms with Crippen LogP contribution in [0.4, 0.5) is 11.4 Å². The van der Waals surface area contributed by atoms with Gasteiger partial charge in [-0.3, -0.25) is 9.59 Å². The fraction of sp³-hybridized carbons (Fsp3) is 0.364. The van der Waals surface area contributed by atoms with E-state index in [9.17, 15) is 9.59 Å². The van der Waals surface area contributed by atoms with Crippen molar-refractivity contribution in [1.29, 1.82) is 0 Å². The lowest BCUT2D eigenvalue weighted by molar-refractivity contribution is -0.125. The summed E-state index contributed by atoms with van der Waals surface area (Å²) < 4.78 is 5.67. The molecule has 4 rings (SSSR count). The predicted octanol–water partition coefficient (Wildman–Crippen LogP) is 3.56. The van der Waals surface area contributed by atoms with E-state index in [2.05, 4.69) is 13.0 Å². The summed E-state index contributed by atoms with van der Waals surface area (Å²) in [4.78, 5) is 29.3. The lowest BCUT2D eigenvalue weighted by Crippen LogP contribution is -2.47. The summed E-state index contributed by atoms with van der Waals surface area (Å²) in [7, 11) is 0. The van der Waals surface area contributed by atoms with Gasteiger partial charge in [-0.25, -0.2) is 0 Å². The molecular weight excluding hydrogens is 340 g/mol. The van der Waals surface area contributed by atoms with Crippen LogP contribution in [0.3, 0.4) is 0 Å². The number of benzene rings is 2. The number of hydrogen-bond donors (Lipinski definition) is 0. The van der Waals surface area contributed by atoms with E-state index in [0.717, 1.165) is 24.2 Å². The van der Waals surface area contributed by atoms with Crippen LogP contribution >= 0.6 is 0 Å². The van der Waals surface area contributed by atoms with Crippen LogP contribution in [0, 0.1) is 0 Å². The van der Waals surface area contributed by atoms with Gasteiger partial charge in [-0.2, -0.15) is 0 Å². The van der Waals surface area contributed by atoms with Crippen LogP contribution in [0.15, 0.2) is 48.5 Å². The van der Waals surface area contributed by atoms with E-state index < -0.39 is 6.10 Å². The first kappa shape index (κ1) is 17.6. The highest BCUT2D eigenvalue weighted by Gasteiger charge is 2.33. The first-order valence-corrected chi connectivity index (χ1v) is 9.53. The van der Waals surface area contributed by atoms with Crippen molar-refractivity contribution in [3.05, 3.63) is 54.1 Å². The zero-order valence-corrected chi connectivity index (χ0v) is 15.7. The Hall–Kier alpha value is -2.82. The molecule has 5 heteroatoms. The monoisotopic (exact) mass is 364 g/mol. The normalized spacial score (nSPS) is 21.3. The molecule has 27 heavy (non-hydrogen) atoms. The second-order valence-electron chi connectivity index (χ2n) is 7.25. The average Bonchev–Trinajstić information content (AvgIpc) is 2.68. The molecule has 140 valence electrons. The fourth-order valence-electron chi connectivity index (χ4n) is 3.99. The molecule has 5 nitrogen and oxygen atoms in total. The number of carbonyl (C=O) groups is 2. The third-order valence-corrected chi connectivity index (χ3v) is 5.41. The Morgan fingerprint density at radius 3 is 2.59 bits per heavy atom. The van der Waals surface area contributed by atoms with Crippen LogP contribution in [-0.4, -0.2) is 30.5 Å². The summed E-state index contributed by atoms with van der Waals surface area (Å²) in [6.07, 6.45) is 1.70. The quantitative estimate of drug-likeness (QED) is 0.837. The number of rotatable bonds is 3. The van der Waals surface area contributed by atoms with Crippen molar-refractivity contribution < 1.29 is 14.3 Å². The largest absolute Gasteiger partial charge is 0.479 e. The molecule has 0 N–H and O–H groups in total. The number of anilines is 2. The van der Waals surface area contributed by atoms with Gasteiger partial charge in [0.2, 0.25) is 5.91 Å². The van der Waals surface area contributed by atoms with Crippen LogP contribution in [0.25, 0.3) is 0 Å². The SMILES string of the molecule is CC1Oc2ccccc2N(CCC(=O)N2c3ccccc3CCC2C)C1=O. The lowest BCUT2D eigenvalue weighted by atomic mass is 9.96. The van der Waals surface area contributed by atoms with E-state index in [1.54, 1.807) is 11.8 Å². The molecule has 0 fully saturated rings. The molecule has 0 bridgehead atoms. The Bertz CT molecular complexity index is 879. The van der Waals surface area contributed by atoms with E-state index in [4.69, 9.17) is 4.74 Å². The van der Waals surface area contributed by atoms with Crippen molar-refractivity contribution in [3.63, 3.8) is 0 Å². The van der Waals surface area contributed by atoms with E-state index in [1.165, 1.54) is 5.56 Å². The van der Waals surface area contributed by atoms with Gasteiger partial charge >= 0.3 is 0 Å². The van der Waals surface area contributed by atoms with Gasteiger partial charge in [-0.1, -0.05) is 30.3 Å². The third-order valence-electron chi connectivity index (χ3n) is 5.41. The Balaban J connectivity index is 1.54. The summed E-state index contributed by atoms with van der Waals surface area (Å²) >= 11 is 0. The minimum atomic E-state index is -0.537. The second-order valence-corrected chi connectivity index (χ2v) is 7.25. The molecule has 0 saturated heterocycles. The highest BCUT2D eigenvalue weighted by molar-refractivity contribution is 6.01. The van der Waals surface area contributed by atoms with Crippen LogP contribution in [0.2, 0.25) is 0 Å². The molecule has 2 atom stereocenters. The molecule has 0 radical (unpaired) electrons. The number of para-hydroxylation sites is 3. The maximum atomic E-state index is 13.1. The fourth-order valence-corrected chi connectivity index (χ4v) is 3.99. The Morgan fingerprint density at radius 1 is 1.07 bits per heavy atom. The lowest BCUT2D eigenvalue weighted by Gasteiger charge is -2.37. The summed E-state index contributed by atoms with van der Waals surface area (Å²) in [5.74, 6) is 0.640. The predicted molar refractivity (Wildman–Crippen MR) is 105 cm³/mol. The number of nitrogens with zero attached hydrogens (tertiary/aromatic N) is 2. The number of amides is 2. The number of fused-ring (bicyclic) bond motifs is 2. The van der Waals surface area contributed by atoms with Gasteiger partial charge in [0.05, 0.1) is 5.69 Å². The zero-order chi connectivity index (χ0) is 19.0. The van der Waals surface area contributed by atoms with Crippen LogP contribution in [0.1, 0.15) is 32.3 Å². The summed E-state index contributed by atoms with van der Waals surface area (Å²) in [5.41, 5.74) is 2.95. The molecular formula is C22H24N2O3. The minimum absolute atomic E-state index is 0.0547. The molecule has 2 unspecified atom stereocenters.